The fourth-order valence-corrected chi connectivity index (χ4v) is 6.23. The second-order valence-electron chi connectivity index (χ2n) is 12.6. The number of carbonyl (C=O) groups is 1. The first-order valence-corrected chi connectivity index (χ1v) is 15.5. The average molecular weight is 612 g/mol. The van der Waals surface area contributed by atoms with Gasteiger partial charge in [-0.3, -0.25) is 14.8 Å². The molecule has 44 heavy (non-hydrogen) atoms. The van der Waals surface area contributed by atoms with Crippen LogP contribution in [-0.4, -0.2) is 37.0 Å². The maximum Gasteiger partial charge on any atom is 0.309 e. The highest BCUT2D eigenvalue weighted by Crippen LogP contribution is 2.44. The molecule has 0 saturated carbocycles. The van der Waals surface area contributed by atoms with E-state index in [-0.39, 0.29) is 10.6 Å². The van der Waals surface area contributed by atoms with Gasteiger partial charge in [-0.25, -0.2) is 4.39 Å². The van der Waals surface area contributed by atoms with E-state index >= 15 is 0 Å². The molecule has 0 saturated heterocycles. The molecule has 228 valence electrons. The number of aliphatic carboxylic acids is 1. The Morgan fingerprint density at radius 2 is 1.75 bits per heavy atom. The number of pyridine rings is 2. The standard InChI is InChI=1S/C36H38FN3O3S/c1-35(2,3)44-33-29-20-28(43-19-17-27-8-6-7-18-38-27)14-16-31(29)40(32(33)21-36(4,5)34(41)42)23-24-9-11-25(12-10-24)30-15-13-26(37)22-39-30/h6-16,18,20,22H,17,19,21,23H2,1-5H3,(H,41,42). The monoisotopic (exact) mass is 611 g/mol. The number of carboxylic acids is 1. The SMILES string of the molecule is CC(C)(C)Sc1c(CC(C)(C)C(=O)O)n(Cc2ccc(-c3ccc(F)cn3)cc2)c2ccc(OCCc3ccccn3)cc12. The first kappa shape index (κ1) is 31.3. The Bertz CT molecular complexity index is 1740. The van der Waals surface area contributed by atoms with E-state index in [0.29, 0.717) is 31.7 Å². The summed E-state index contributed by atoms with van der Waals surface area (Å²) in [5, 5.41) is 11.1. The van der Waals surface area contributed by atoms with Crippen LogP contribution in [0.15, 0.2) is 90.1 Å². The van der Waals surface area contributed by atoms with E-state index in [4.69, 9.17) is 4.74 Å². The molecule has 0 aliphatic rings. The molecule has 3 heterocycles. The van der Waals surface area contributed by atoms with Gasteiger partial charge in [0.15, 0.2) is 0 Å². The molecule has 0 radical (unpaired) electrons. The molecule has 0 atom stereocenters. The number of hydrogen-bond donors (Lipinski definition) is 1. The van der Waals surface area contributed by atoms with Crippen molar-refractivity contribution in [2.24, 2.45) is 5.41 Å². The number of hydrogen-bond acceptors (Lipinski definition) is 5. The van der Waals surface area contributed by atoms with E-state index in [1.807, 2.05) is 48.5 Å². The van der Waals surface area contributed by atoms with Gasteiger partial charge in [0.2, 0.25) is 0 Å². The minimum absolute atomic E-state index is 0.110. The summed E-state index contributed by atoms with van der Waals surface area (Å²) in [6, 6.07) is 23.1. The third-order valence-electron chi connectivity index (χ3n) is 7.36. The summed E-state index contributed by atoms with van der Waals surface area (Å²) < 4.78 is 21.7. The van der Waals surface area contributed by atoms with Crippen LogP contribution < -0.4 is 4.74 Å². The minimum Gasteiger partial charge on any atom is -0.493 e. The Kier molecular flexibility index (Phi) is 9.11. The van der Waals surface area contributed by atoms with Crippen LogP contribution in [0.4, 0.5) is 4.39 Å². The van der Waals surface area contributed by atoms with E-state index in [0.717, 1.165) is 44.1 Å². The van der Waals surface area contributed by atoms with Crippen LogP contribution in [-0.2, 0) is 24.2 Å². The fourth-order valence-electron chi connectivity index (χ4n) is 5.05. The highest BCUT2D eigenvalue weighted by molar-refractivity contribution is 8.00. The predicted molar refractivity (Wildman–Crippen MR) is 175 cm³/mol. The van der Waals surface area contributed by atoms with Gasteiger partial charge in [0, 0.05) is 63.1 Å². The summed E-state index contributed by atoms with van der Waals surface area (Å²) in [5.74, 6) is -0.440. The van der Waals surface area contributed by atoms with E-state index in [9.17, 15) is 14.3 Å². The molecule has 0 amide bonds. The Balaban J connectivity index is 1.55. The lowest BCUT2D eigenvalue weighted by molar-refractivity contribution is -0.146. The van der Waals surface area contributed by atoms with Crippen LogP contribution in [0, 0.1) is 11.2 Å². The number of halogens is 1. The molecule has 8 heteroatoms. The van der Waals surface area contributed by atoms with Crippen LogP contribution in [0.1, 0.15) is 51.6 Å². The number of carboxylic acid groups (broad SMARTS) is 1. The van der Waals surface area contributed by atoms with Gasteiger partial charge in [0.25, 0.3) is 0 Å². The molecule has 3 aromatic heterocycles. The highest BCUT2D eigenvalue weighted by atomic mass is 32.2. The van der Waals surface area contributed by atoms with Crippen LogP contribution in [0.3, 0.4) is 0 Å². The number of aromatic nitrogens is 3. The molecule has 0 aliphatic heterocycles. The summed E-state index contributed by atoms with van der Waals surface area (Å²) in [6.45, 7) is 11.1. The van der Waals surface area contributed by atoms with Crippen LogP contribution in [0.5, 0.6) is 5.75 Å². The Morgan fingerprint density at radius 3 is 2.39 bits per heavy atom. The van der Waals surface area contributed by atoms with Gasteiger partial charge >= 0.3 is 5.97 Å². The zero-order chi connectivity index (χ0) is 31.5. The minimum atomic E-state index is -0.973. The molecular formula is C36H38FN3O3S. The quantitative estimate of drug-likeness (QED) is 0.151. The largest absolute Gasteiger partial charge is 0.493 e. The van der Waals surface area contributed by atoms with Gasteiger partial charge in [-0.05, 0) is 61.9 Å². The van der Waals surface area contributed by atoms with Crippen molar-refractivity contribution in [3.05, 3.63) is 108 Å². The van der Waals surface area contributed by atoms with Gasteiger partial charge in [-0.15, -0.1) is 11.8 Å². The van der Waals surface area contributed by atoms with Crippen LogP contribution in [0.2, 0.25) is 0 Å². The van der Waals surface area contributed by atoms with Crippen molar-refractivity contribution >= 4 is 28.6 Å². The number of fused-ring (bicyclic) bond motifs is 1. The predicted octanol–water partition coefficient (Wildman–Crippen LogP) is 8.45. The van der Waals surface area contributed by atoms with Crippen molar-refractivity contribution in [3.8, 4) is 17.0 Å². The summed E-state index contributed by atoms with van der Waals surface area (Å²) in [4.78, 5) is 22.0. The molecule has 1 N–H and O–H groups in total. The highest BCUT2D eigenvalue weighted by Gasteiger charge is 2.33. The summed E-state index contributed by atoms with van der Waals surface area (Å²) in [7, 11) is 0. The van der Waals surface area contributed by atoms with Gasteiger partial charge < -0.3 is 14.4 Å². The number of nitrogens with zero attached hydrogens (tertiary/aromatic N) is 3. The molecule has 5 aromatic rings. The van der Waals surface area contributed by atoms with Crippen molar-refractivity contribution in [2.75, 3.05) is 6.61 Å². The Labute approximate surface area is 262 Å². The first-order valence-electron chi connectivity index (χ1n) is 14.7. The molecule has 0 unspecified atom stereocenters. The molecule has 0 bridgehead atoms. The van der Waals surface area contributed by atoms with E-state index in [1.165, 1.54) is 12.3 Å². The van der Waals surface area contributed by atoms with Gasteiger partial charge in [-0.1, -0.05) is 51.1 Å². The smallest absolute Gasteiger partial charge is 0.309 e. The number of rotatable bonds is 11. The zero-order valence-electron chi connectivity index (χ0n) is 25.8. The maximum absolute atomic E-state index is 13.4. The lowest BCUT2D eigenvalue weighted by Crippen LogP contribution is -2.28. The summed E-state index contributed by atoms with van der Waals surface area (Å²) in [6.07, 6.45) is 4.07. The number of thioether (sulfide) groups is 1. The third-order valence-corrected chi connectivity index (χ3v) is 8.63. The molecule has 5 rings (SSSR count). The van der Waals surface area contributed by atoms with Crippen molar-refractivity contribution in [2.45, 2.75) is 63.6 Å². The average Bonchev–Trinajstić information content (AvgIpc) is 3.23. The van der Waals surface area contributed by atoms with Crippen molar-refractivity contribution < 1.29 is 19.0 Å². The molecule has 2 aromatic carbocycles. The van der Waals surface area contributed by atoms with Crippen LogP contribution in [0.25, 0.3) is 22.2 Å². The van der Waals surface area contributed by atoms with Gasteiger partial charge in [-0.2, -0.15) is 0 Å². The maximum atomic E-state index is 13.4. The summed E-state index contributed by atoms with van der Waals surface area (Å²) >= 11 is 1.75. The molecular weight excluding hydrogens is 573 g/mol. The number of ether oxygens (including phenoxy) is 1. The van der Waals surface area contributed by atoms with Gasteiger partial charge in [0.05, 0.1) is 23.9 Å². The molecule has 0 fully saturated rings. The second kappa shape index (κ2) is 12.8. The van der Waals surface area contributed by atoms with Crippen LogP contribution >= 0.6 is 11.8 Å². The van der Waals surface area contributed by atoms with E-state index in [2.05, 4.69) is 47.4 Å². The summed E-state index contributed by atoms with van der Waals surface area (Å²) in [5.41, 5.74) is 4.67. The second-order valence-corrected chi connectivity index (χ2v) is 14.4. The number of benzene rings is 2. The third kappa shape index (κ3) is 7.48. The van der Waals surface area contributed by atoms with Crippen molar-refractivity contribution in [1.82, 2.24) is 14.5 Å². The topological polar surface area (TPSA) is 77.2 Å². The lowest BCUT2D eigenvalue weighted by atomic mass is 9.88. The van der Waals surface area contributed by atoms with Crippen molar-refractivity contribution in [1.29, 1.82) is 0 Å². The first-order chi connectivity index (χ1) is 20.9. The zero-order valence-corrected chi connectivity index (χ0v) is 26.6. The van der Waals surface area contributed by atoms with E-state index in [1.54, 1.807) is 37.9 Å². The Morgan fingerprint density at radius 1 is 0.977 bits per heavy atom. The molecule has 0 spiro atoms. The van der Waals surface area contributed by atoms with Gasteiger partial charge in [0.1, 0.15) is 11.6 Å². The Hall–Kier alpha value is -4.17. The van der Waals surface area contributed by atoms with Crippen molar-refractivity contribution in [3.63, 3.8) is 0 Å². The lowest BCUT2D eigenvalue weighted by Gasteiger charge is -2.24. The molecule has 0 aliphatic carbocycles. The van der Waals surface area contributed by atoms with E-state index < -0.39 is 11.4 Å². The normalized spacial score (nSPS) is 12.0. The molecule has 6 nitrogen and oxygen atoms in total. The fraction of sp³-hybridized carbons (Fsp3) is 0.306.